The zero-order valence-corrected chi connectivity index (χ0v) is 30.8. The van der Waals surface area contributed by atoms with Crippen molar-refractivity contribution >= 4 is 51.9 Å². The number of aromatic nitrogens is 2. The van der Waals surface area contributed by atoms with Crippen molar-refractivity contribution in [2.24, 2.45) is 0 Å². The second kappa shape index (κ2) is 15.6. The lowest BCUT2D eigenvalue weighted by molar-refractivity contribution is 0.0299. The summed E-state index contributed by atoms with van der Waals surface area (Å²) in [6.07, 6.45) is 2.17. The fraction of sp³-hybridized carbons (Fsp3) is 0.282. The fourth-order valence-corrected chi connectivity index (χ4v) is 5.70. The van der Waals surface area contributed by atoms with E-state index in [1.807, 2.05) is 6.07 Å². The maximum Gasteiger partial charge on any atom is 0.410 e. The van der Waals surface area contributed by atoms with Crippen molar-refractivity contribution in [1.29, 1.82) is 0 Å². The second-order valence-corrected chi connectivity index (χ2v) is 14.0. The summed E-state index contributed by atoms with van der Waals surface area (Å²) in [6.45, 7) is 5.88. The maximum atomic E-state index is 13.5. The first-order valence-corrected chi connectivity index (χ1v) is 17.1. The van der Waals surface area contributed by atoms with Gasteiger partial charge in [0.05, 0.1) is 22.5 Å². The third-order valence-corrected chi connectivity index (χ3v) is 8.59. The molecule has 52 heavy (non-hydrogen) atoms. The summed E-state index contributed by atoms with van der Waals surface area (Å²) in [6, 6.07) is 19.2. The first-order valence-electron chi connectivity index (χ1n) is 16.7. The van der Waals surface area contributed by atoms with Crippen LogP contribution < -0.4 is 15.8 Å². The molecule has 3 amide bonds. The predicted octanol–water partition coefficient (Wildman–Crippen LogP) is 6.84. The van der Waals surface area contributed by atoms with E-state index in [1.165, 1.54) is 9.80 Å². The molecule has 2 aromatic heterocycles. The van der Waals surface area contributed by atoms with E-state index in [0.29, 0.717) is 74.0 Å². The number of carbonyl (C=O) groups excluding carboxylic acids is 4. The summed E-state index contributed by atoms with van der Waals surface area (Å²) in [4.78, 5) is 60.3. The Bertz CT molecular complexity index is 2130. The molecule has 5 rings (SSSR count). The second-order valence-electron chi connectivity index (χ2n) is 13.6. The van der Waals surface area contributed by atoms with Gasteiger partial charge in [-0.05, 0) is 87.7 Å². The van der Waals surface area contributed by atoms with Crippen molar-refractivity contribution in [3.63, 3.8) is 0 Å². The Morgan fingerprint density at radius 3 is 2.38 bits per heavy atom. The Hall–Kier alpha value is -5.75. The molecule has 13 heteroatoms. The smallest absolute Gasteiger partial charge is 0.410 e. The lowest BCUT2D eigenvalue weighted by Gasteiger charge is -2.24. The van der Waals surface area contributed by atoms with Gasteiger partial charge in [0.2, 0.25) is 5.78 Å². The first-order chi connectivity index (χ1) is 24.6. The minimum atomic E-state index is -0.610. The number of nitrogens with zero attached hydrogens (tertiary/aromatic N) is 2. The average Bonchev–Trinajstić information content (AvgIpc) is 3.69. The number of hydrogen-bond donors (Lipinski definition) is 4. The van der Waals surface area contributed by atoms with Gasteiger partial charge < -0.3 is 40.3 Å². The number of para-hydroxylation sites is 1. The van der Waals surface area contributed by atoms with E-state index in [2.05, 4.69) is 15.3 Å². The summed E-state index contributed by atoms with van der Waals surface area (Å²) in [5, 5.41) is 3.99. The van der Waals surface area contributed by atoms with Gasteiger partial charge in [-0.1, -0.05) is 29.8 Å². The van der Waals surface area contributed by atoms with Crippen molar-refractivity contribution in [3.05, 3.63) is 112 Å². The van der Waals surface area contributed by atoms with Crippen LogP contribution in [0.5, 0.6) is 11.5 Å². The summed E-state index contributed by atoms with van der Waals surface area (Å²) < 4.78 is 11.4. The van der Waals surface area contributed by atoms with Gasteiger partial charge in [-0.3, -0.25) is 14.4 Å². The Morgan fingerprint density at radius 2 is 1.67 bits per heavy atom. The van der Waals surface area contributed by atoms with Crippen molar-refractivity contribution in [2.75, 3.05) is 40.0 Å². The number of anilines is 1. The van der Waals surface area contributed by atoms with Crippen molar-refractivity contribution in [2.45, 2.75) is 39.2 Å². The number of amides is 3. The molecule has 0 bridgehead atoms. The van der Waals surface area contributed by atoms with Gasteiger partial charge in [-0.15, -0.1) is 0 Å². The zero-order valence-electron chi connectivity index (χ0n) is 30.1. The minimum Gasteiger partial charge on any atom is -0.456 e. The Morgan fingerprint density at radius 1 is 0.923 bits per heavy atom. The lowest BCUT2D eigenvalue weighted by atomic mass is 10.0. The van der Waals surface area contributed by atoms with Crippen LogP contribution in [0.25, 0.3) is 10.9 Å². The average molecular weight is 727 g/mol. The number of nitrogens with two attached hydrogens (primary N) is 1. The molecular formula is C39H43ClN6O6. The summed E-state index contributed by atoms with van der Waals surface area (Å²) >= 11 is 6.63. The normalized spacial score (nSPS) is 11.3. The van der Waals surface area contributed by atoms with Crippen LogP contribution in [0.1, 0.15) is 68.8 Å². The van der Waals surface area contributed by atoms with E-state index >= 15 is 0 Å². The number of ether oxygens (including phenoxy) is 2. The third-order valence-electron chi connectivity index (χ3n) is 8.24. The van der Waals surface area contributed by atoms with Crippen molar-refractivity contribution in [1.82, 2.24) is 25.1 Å². The number of halogens is 1. The standard InChI is InChI=1S/C39H43ClN6O6/c1-39(2,3)52-38(50)46(6)18-17-42-36(48)24-13-15-30-25(19-24)20-32(44-30)35(47)28-22-43-31(34(28)41)16-12-23-11-14-26(21-29(23)40)51-33-10-8-7-9-27(33)37(49)45(4)5/h7-11,13-15,19-22,43-44H,12,16-18,41H2,1-6H3,(H,42,48). The van der Waals surface area contributed by atoms with Crippen molar-refractivity contribution < 1.29 is 28.7 Å². The van der Waals surface area contributed by atoms with Crippen LogP contribution in [0, 0.1) is 0 Å². The SMILES string of the molecule is CN(C)C(=O)c1ccccc1Oc1ccc(CCc2[nH]cc(C(=O)c3cc4cc(C(=O)NCCN(C)C(=O)OC(C)(C)C)ccc4[nH]3)c2N)c(Cl)c1. The molecule has 0 aliphatic heterocycles. The summed E-state index contributed by atoms with van der Waals surface area (Å²) in [5.41, 5.74) is 9.95. The van der Waals surface area contributed by atoms with Crippen LogP contribution >= 0.6 is 11.6 Å². The fourth-order valence-electron chi connectivity index (χ4n) is 5.44. The number of nitrogens with one attached hydrogen (secondary N) is 3. The van der Waals surface area contributed by atoms with E-state index in [1.54, 1.807) is 109 Å². The van der Waals surface area contributed by atoms with E-state index in [9.17, 15) is 19.2 Å². The molecule has 0 unspecified atom stereocenters. The van der Waals surface area contributed by atoms with Gasteiger partial charge >= 0.3 is 6.09 Å². The molecule has 12 nitrogen and oxygen atoms in total. The van der Waals surface area contributed by atoms with Crippen LogP contribution in [-0.4, -0.2) is 83.3 Å². The number of H-pyrrole nitrogens is 2. The summed E-state index contributed by atoms with van der Waals surface area (Å²) in [5.74, 6) is 0.156. The highest BCUT2D eigenvalue weighted by Gasteiger charge is 2.21. The quantitative estimate of drug-likeness (QED) is 0.102. The van der Waals surface area contributed by atoms with E-state index in [4.69, 9.17) is 26.8 Å². The monoisotopic (exact) mass is 726 g/mol. The lowest BCUT2D eigenvalue weighted by Crippen LogP contribution is -2.39. The molecule has 0 saturated carbocycles. The van der Waals surface area contributed by atoms with Crippen LogP contribution in [0.2, 0.25) is 5.02 Å². The molecule has 0 aliphatic carbocycles. The van der Waals surface area contributed by atoms with Crippen LogP contribution in [0.4, 0.5) is 10.5 Å². The highest BCUT2D eigenvalue weighted by Crippen LogP contribution is 2.31. The molecule has 0 fully saturated rings. The van der Waals surface area contributed by atoms with Gasteiger partial charge in [0.25, 0.3) is 11.8 Å². The molecule has 0 atom stereocenters. The molecule has 0 radical (unpaired) electrons. The largest absolute Gasteiger partial charge is 0.456 e. The molecule has 2 heterocycles. The first kappa shape index (κ1) is 37.5. The molecule has 0 saturated heterocycles. The number of aryl methyl sites for hydroxylation is 2. The predicted molar refractivity (Wildman–Crippen MR) is 202 cm³/mol. The molecule has 0 aliphatic rings. The van der Waals surface area contributed by atoms with Crippen molar-refractivity contribution in [3.8, 4) is 11.5 Å². The molecule has 3 aromatic carbocycles. The van der Waals surface area contributed by atoms with E-state index in [0.717, 1.165) is 5.56 Å². The van der Waals surface area contributed by atoms with Gasteiger partial charge in [0.1, 0.15) is 17.1 Å². The van der Waals surface area contributed by atoms with Gasteiger partial charge in [0.15, 0.2) is 0 Å². The Labute approximate surface area is 307 Å². The number of carbonyl (C=O) groups is 4. The highest BCUT2D eigenvalue weighted by molar-refractivity contribution is 6.31. The zero-order chi connectivity index (χ0) is 37.7. The number of aromatic amines is 2. The Balaban J connectivity index is 1.19. The van der Waals surface area contributed by atoms with Gasteiger partial charge in [-0.2, -0.15) is 0 Å². The number of fused-ring (bicyclic) bond motifs is 1. The molecule has 5 N–H and O–H groups in total. The number of nitrogen functional groups attached to an aromatic ring is 1. The Kier molecular flexibility index (Phi) is 11.3. The minimum absolute atomic E-state index is 0.169. The topological polar surface area (TPSA) is 163 Å². The van der Waals surface area contributed by atoms with Crippen LogP contribution in [0.15, 0.2) is 72.9 Å². The molecular weight excluding hydrogens is 684 g/mol. The van der Waals surface area contributed by atoms with Crippen LogP contribution in [-0.2, 0) is 17.6 Å². The number of ketones is 1. The van der Waals surface area contributed by atoms with Crippen LogP contribution in [0.3, 0.4) is 0 Å². The van der Waals surface area contributed by atoms with E-state index in [-0.39, 0.29) is 30.7 Å². The third kappa shape index (κ3) is 8.93. The number of likely N-dealkylation sites (N-methyl/N-ethyl adjacent to an activating group) is 1. The number of rotatable bonds is 12. The molecule has 5 aromatic rings. The number of benzene rings is 3. The van der Waals surface area contributed by atoms with Gasteiger partial charge in [-0.25, -0.2) is 4.79 Å². The van der Waals surface area contributed by atoms with Gasteiger partial charge in [0, 0.05) is 67.6 Å². The van der Waals surface area contributed by atoms with E-state index < -0.39 is 11.7 Å². The molecule has 0 spiro atoms. The summed E-state index contributed by atoms with van der Waals surface area (Å²) in [7, 11) is 4.97. The number of hydrogen-bond acceptors (Lipinski definition) is 7. The highest BCUT2D eigenvalue weighted by atomic mass is 35.5. The molecule has 272 valence electrons. The maximum absolute atomic E-state index is 13.5.